The lowest BCUT2D eigenvalue weighted by molar-refractivity contribution is 0.0398. The first-order valence-corrected chi connectivity index (χ1v) is 8.34. The van der Waals surface area contributed by atoms with Gasteiger partial charge in [-0.2, -0.15) is 0 Å². The molecule has 0 aromatic carbocycles. The first-order valence-electron chi connectivity index (χ1n) is 8.34. The number of nitrogens with zero attached hydrogens (tertiary/aromatic N) is 4. The fraction of sp³-hybridized carbons (Fsp3) is 0.412. The molecular weight excluding hydrogens is 304 g/mol. The molecule has 24 heavy (non-hydrogen) atoms. The molecule has 0 bridgehead atoms. The number of pyridine rings is 1. The topological polar surface area (TPSA) is 70.5 Å². The maximum absolute atomic E-state index is 5.40. The highest BCUT2D eigenvalue weighted by atomic mass is 16.5. The van der Waals surface area contributed by atoms with Gasteiger partial charge in [-0.05, 0) is 19.1 Å². The monoisotopic (exact) mass is 326 g/mol. The molecule has 2 N–H and O–H groups in total. The average Bonchev–Trinajstić information content (AvgIpc) is 3.20. The van der Waals surface area contributed by atoms with Crippen LogP contribution in [0.15, 0.2) is 30.6 Å². The van der Waals surface area contributed by atoms with Gasteiger partial charge in [0.1, 0.15) is 23.0 Å². The molecule has 7 heteroatoms. The summed E-state index contributed by atoms with van der Waals surface area (Å²) in [5, 5.41) is 3.56. The van der Waals surface area contributed by atoms with E-state index in [1.807, 2.05) is 37.5 Å². The summed E-state index contributed by atoms with van der Waals surface area (Å²) >= 11 is 0. The number of imidazole rings is 2. The smallest absolute Gasteiger partial charge is 0.140 e. The van der Waals surface area contributed by atoms with Crippen molar-refractivity contribution < 1.29 is 4.74 Å². The second-order valence-electron chi connectivity index (χ2n) is 6.00. The molecule has 0 amide bonds. The van der Waals surface area contributed by atoms with Gasteiger partial charge >= 0.3 is 0 Å². The van der Waals surface area contributed by atoms with Crippen LogP contribution in [0.4, 0.5) is 5.82 Å². The number of nitrogens with one attached hydrogen (secondary N) is 2. The lowest BCUT2D eigenvalue weighted by atomic mass is 10.3. The van der Waals surface area contributed by atoms with Gasteiger partial charge in [-0.3, -0.25) is 9.30 Å². The summed E-state index contributed by atoms with van der Waals surface area (Å²) in [5.74, 6) is 1.89. The molecule has 0 saturated carbocycles. The minimum Gasteiger partial charge on any atom is -0.379 e. The predicted molar refractivity (Wildman–Crippen MR) is 93.3 cm³/mol. The molecular formula is C17H22N6O. The number of H-pyrrole nitrogens is 1. The van der Waals surface area contributed by atoms with Gasteiger partial charge in [-0.15, -0.1) is 0 Å². The number of morpholine rings is 1. The van der Waals surface area contributed by atoms with Gasteiger partial charge in [0.05, 0.1) is 25.1 Å². The van der Waals surface area contributed by atoms with E-state index in [0.29, 0.717) is 0 Å². The first kappa shape index (κ1) is 15.2. The number of hydrogen-bond acceptors (Lipinski definition) is 5. The standard InChI is InChI=1S/C17H22N6O/c1-13-19-12-14(20-13)16-17(23-6-3-2-4-15(23)21-16)18-5-7-22-8-10-24-11-9-22/h2-4,6,12,18H,5,7-11H2,1H3,(H,19,20). The van der Waals surface area contributed by atoms with Gasteiger partial charge in [-0.25, -0.2) is 9.97 Å². The molecule has 0 unspecified atom stereocenters. The van der Waals surface area contributed by atoms with E-state index >= 15 is 0 Å². The third-order valence-corrected chi connectivity index (χ3v) is 4.31. The van der Waals surface area contributed by atoms with E-state index in [-0.39, 0.29) is 0 Å². The van der Waals surface area contributed by atoms with Crippen LogP contribution in [0, 0.1) is 6.92 Å². The zero-order valence-electron chi connectivity index (χ0n) is 13.8. The van der Waals surface area contributed by atoms with E-state index in [9.17, 15) is 0 Å². The molecule has 3 aromatic heterocycles. The number of fused-ring (bicyclic) bond motifs is 1. The molecule has 126 valence electrons. The Balaban J connectivity index is 1.58. The van der Waals surface area contributed by atoms with Crippen LogP contribution in [-0.4, -0.2) is 63.6 Å². The Hall–Kier alpha value is -2.38. The second-order valence-corrected chi connectivity index (χ2v) is 6.00. The lowest BCUT2D eigenvalue weighted by Gasteiger charge is -2.26. The summed E-state index contributed by atoms with van der Waals surface area (Å²) in [5.41, 5.74) is 2.77. The molecule has 4 rings (SSSR count). The number of hydrogen-bond donors (Lipinski definition) is 2. The van der Waals surface area contributed by atoms with Crippen LogP contribution in [0.25, 0.3) is 17.0 Å². The Morgan fingerprint density at radius 3 is 2.96 bits per heavy atom. The normalized spacial score (nSPS) is 15.9. The van der Waals surface area contributed by atoms with Crippen LogP contribution < -0.4 is 5.32 Å². The number of anilines is 1. The number of rotatable bonds is 5. The minimum atomic E-state index is 0.828. The van der Waals surface area contributed by atoms with Crippen LogP contribution in [-0.2, 0) is 4.74 Å². The SMILES string of the molecule is Cc1ncc(-c2nc3ccccn3c2NCCN2CCOCC2)[nH]1. The number of ether oxygens (including phenoxy) is 1. The van der Waals surface area contributed by atoms with Crippen molar-refractivity contribution in [2.45, 2.75) is 6.92 Å². The van der Waals surface area contributed by atoms with Crippen LogP contribution in [0.2, 0.25) is 0 Å². The Kier molecular flexibility index (Phi) is 4.18. The van der Waals surface area contributed by atoms with E-state index in [2.05, 4.69) is 24.6 Å². The molecule has 0 spiro atoms. The van der Waals surface area contributed by atoms with Crippen LogP contribution in [0.3, 0.4) is 0 Å². The highest BCUT2D eigenvalue weighted by molar-refractivity contribution is 5.74. The number of aromatic amines is 1. The molecule has 0 aliphatic carbocycles. The minimum absolute atomic E-state index is 0.828. The average molecular weight is 326 g/mol. The van der Waals surface area contributed by atoms with Crippen molar-refractivity contribution in [2.24, 2.45) is 0 Å². The summed E-state index contributed by atoms with van der Waals surface area (Å²) in [6.45, 7) is 7.46. The Labute approximate surface area is 140 Å². The fourth-order valence-electron chi connectivity index (χ4n) is 3.05. The van der Waals surface area contributed by atoms with Crippen molar-refractivity contribution in [3.63, 3.8) is 0 Å². The van der Waals surface area contributed by atoms with Crippen molar-refractivity contribution in [2.75, 3.05) is 44.7 Å². The van der Waals surface area contributed by atoms with E-state index in [1.54, 1.807) is 0 Å². The lowest BCUT2D eigenvalue weighted by Crippen LogP contribution is -2.39. The predicted octanol–water partition coefficient (Wildman–Crippen LogP) is 1.78. The van der Waals surface area contributed by atoms with Gasteiger partial charge in [0.15, 0.2) is 0 Å². The largest absolute Gasteiger partial charge is 0.379 e. The van der Waals surface area contributed by atoms with Crippen molar-refractivity contribution in [3.05, 3.63) is 36.4 Å². The second kappa shape index (κ2) is 6.62. The molecule has 0 radical (unpaired) electrons. The summed E-state index contributed by atoms with van der Waals surface area (Å²) in [6.07, 6.45) is 3.87. The molecule has 1 fully saturated rings. The maximum Gasteiger partial charge on any atom is 0.140 e. The van der Waals surface area contributed by atoms with Gasteiger partial charge in [0, 0.05) is 32.4 Å². The van der Waals surface area contributed by atoms with Gasteiger partial charge in [0.2, 0.25) is 0 Å². The molecule has 1 saturated heterocycles. The Morgan fingerprint density at radius 2 is 2.17 bits per heavy atom. The third-order valence-electron chi connectivity index (χ3n) is 4.31. The Morgan fingerprint density at radius 1 is 1.29 bits per heavy atom. The molecule has 4 heterocycles. The van der Waals surface area contributed by atoms with E-state index in [0.717, 1.165) is 68.1 Å². The summed E-state index contributed by atoms with van der Waals surface area (Å²) in [6, 6.07) is 6.03. The van der Waals surface area contributed by atoms with Crippen LogP contribution in [0.5, 0.6) is 0 Å². The third kappa shape index (κ3) is 3.00. The number of aromatic nitrogens is 4. The quantitative estimate of drug-likeness (QED) is 0.748. The molecule has 1 aliphatic rings. The molecule has 1 aliphatic heterocycles. The molecule has 0 atom stereocenters. The van der Waals surface area contributed by atoms with Crippen molar-refractivity contribution in [3.8, 4) is 11.4 Å². The highest BCUT2D eigenvalue weighted by Gasteiger charge is 2.16. The fourth-order valence-corrected chi connectivity index (χ4v) is 3.05. The van der Waals surface area contributed by atoms with Crippen molar-refractivity contribution >= 4 is 11.5 Å². The zero-order valence-corrected chi connectivity index (χ0v) is 13.8. The van der Waals surface area contributed by atoms with E-state index in [1.165, 1.54) is 0 Å². The summed E-state index contributed by atoms with van der Waals surface area (Å²) in [7, 11) is 0. The van der Waals surface area contributed by atoms with Crippen molar-refractivity contribution in [1.82, 2.24) is 24.3 Å². The summed E-state index contributed by atoms with van der Waals surface area (Å²) < 4.78 is 7.49. The van der Waals surface area contributed by atoms with Gasteiger partial charge in [0.25, 0.3) is 0 Å². The summed E-state index contributed by atoms with van der Waals surface area (Å²) in [4.78, 5) is 14.8. The number of aryl methyl sites for hydroxylation is 1. The first-order chi connectivity index (χ1) is 11.8. The van der Waals surface area contributed by atoms with E-state index < -0.39 is 0 Å². The van der Waals surface area contributed by atoms with Gasteiger partial charge in [-0.1, -0.05) is 6.07 Å². The maximum atomic E-state index is 5.40. The van der Waals surface area contributed by atoms with Crippen molar-refractivity contribution in [1.29, 1.82) is 0 Å². The molecule has 7 nitrogen and oxygen atoms in total. The Bertz CT molecular complexity index is 817. The molecule has 3 aromatic rings. The zero-order chi connectivity index (χ0) is 16.4. The highest BCUT2D eigenvalue weighted by Crippen LogP contribution is 2.27. The van der Waals surface area contributed by atoms with Crippen LogP contribution in [0.1, 0.15) is 5.82 Å². The van der Waals surface area contributed by atoms with E-state index in [4.69, 9.17) is 9.72 Å². The van der Waals surface area contributed by atoms with Gasteiger partial charge < -0.3 is 15.0 Å². The van der Waals surface area contributed by atoms with Crippen LogP contribution >= 0.6 is 0 Å².